The average Bonchev–Trinajstić information content (AvgIpc) is 3.03. The number of rotatable bonds is 6. The second kappa shape index (κ2) is 6.40. The summed E-state index contributed by atoms with van der Waals surface area (Å²) in [5.41, 5.74) is 1.75. The van der Waals surface area contributed by atoms with Crippen LogP contribution in [0, 0.1) is 5.41 Å². The van der Waals surface area contributed by atoms with E-state index >= 15 is 0 Å². The van der Waals surface area contributed by atoms with E-state index in [1.54, 1.807) is 0 Å². The zero-order valence-electron chi connectivity index (χ0n) is 12.4. The molecule has 1 N–H and O–H groups in total. The van der Waals surface area contributed by atoms with E-state index in [2.05, 4.69) is 51.8 Å². The Hall–Kier alpha value is -0.350. The van der Waals surface area contributed by atoms with Crippen molar-refractivity contribution < 1.29 is 0 Å². The zero-order chi connectivity index (χ0) is 13.9. The van der Waals surface area contributed by atoms with Crippen molar-refractivity contribution in [1.29, 1.82) is 0 Å². The highest BCUT2D eigenvalue weighted by Crippen LogP contribution is 2.51. The van der Waals surface area contributed by atoms with Crippen molar-refractivity contribution in [3.63, 3.8) is 0 Å². The molecule has 0 aromatic carbocycles. The van der Waals surface area contributed by atoms with Crippen LogP contribution >= 0.6 is 15.9 Å². The van der Waals surface area contributed by atoms with Crippen LogP contribution in [0.4, 0.5) is 0 Å². The van der Waals surface area contributed by atoms with Crippen LogP contribution in [0.5, 0.6) is 0 Å². The van der Waals surface area contributed by atoms with Crippen molar-refractivity contribution in [2.24, 2.45) is 5.41 Å². The first-order chi connectivity index (χ1) is 9.18. The first-order valence-electron chi connectivity index (χ1n) is 7.63. The summed E-state index contributed by atoms with van der Waals surface area (Å²) in [6.07, 6.45) is 8.60. The standard InChI is InChI=1S/C15H26BrN3/c1-4-15(9-7-8-10-15)14(17-5-2)13-12(16)11-18-19(13)6-3/h11,14,17H,4-10H2,1-3H3. The summed E-state index contributed by atoms with van der Waals surface area (Å²) in [6, 6.07) is 0.418. The van der Waals surface area contributed by atoms with Gasteiger partial charge in [-0.15, -0.1) is 0 Å². The molecule has 1 aromatic rings. The first kappa shape index (κ1) is 15.0. The third-order valence-corrected chi connectivity index (χ3v) is 5.34. The molecule has 0 saturated heterocycles. The molecular weight excluding hydrogens is 302 g/mol. The van der Waals surface area contributed by atoms with Gasteiger partial charge in [0.15, 0.2) is 0 Å². The van der Waals surface area contributed by atoms with Crippen LogP contribution in [0.2, 0.25) is 0 Å². The quantitative estimate of drug-likeness (QED) is 0.844. The first-order valence-corrected chi connectivity index (χ1v) is 8.42. The third-order valence-electron chi connectivity index (χ3n) is 4.73. The van der Waals surface area contributed by atoms with E-state index in [9.17, 15) is 0 Å². The van der Waals surface area contributed by atoms with Crippen molar-refractivity contribution in [2.75, 3.05) is 6.54 Å². The van der Waals surface area contributed by atoms with E-state index in [4.69, 9.17) is 0 Å². The molecule has 19 heavy (non-hydrogen) atoms. The molecule has 0 radical (unpaired) electrons. The number of hydrogen-bond acceptors (Lipinski definition) is 2. The third kappa shape index (κ3) is 2.75. The molecule has 1 atom stereocenters. The highest BCUT2D eigenvalue weighted by molar-refractivity contribution is 9.10. The van der Waals surface area contributed by atoms with Gasteiger partial charge in [-0.2, -0.15) is 5.10 Å². The molecule has 0 bridgehead atoms. The SMILES string of the molecule is CCNC(c1c(Br)cnn1CC)C1(CC)CCCC1. The van der Waals surface area contributed by atoms with E-state index in [1.807, 2.05) is 6.20 Å². The second-order valence-electron chi connectivity index (χ2n) is 5.61. The Bertz CT molecular complexity index is 408. The number of aryl methyl sites for hydroxylation is 1. The molecule has 108 valence electrons. The molecule has 2 rings (SSSR count). The Balaban J connectivity index is 2.41. The Morgan fingerprint density at radius 3 is 2.58 bits per heavy atom. The molecule has 1 aliphatic rings. The number of nitrogens with zero attached hydrogens (tertiary/aromatic N) is 2. The lowest BCUT2D eigenvalue weighted by atomic mass is 9.74. The second-order valence-corrected chi connectivity index (χ2v) is 6.46. The van der Waals surface area contributed by atoms with E-state index in [0.717, 1.165) is 17.6 Å². The van der Waals surface area contributed by atoms with E-state index in [-0.39, 0.29) is 0 Å². The normalized spacial score (nSPS) is 19.8. The summed E-state index contributed by atoms with van der Waals surface area (Å²) in [5.74, 6) is 0. The van der Waals surface area contributed by atoms with Crippen LogP contribution in [0.25, 0.3) is 0 Å². The maximum absolute atomic E-state index is 4.50. The van der Waals surface area contributed by atoms with Gasteiger partial charge in [-0.05, 0) is 54.1 Å². The fraction of sp³-hybridized carbons (Fsp3) is 0.800. The number of hydrogen-bond donors (Lipinski definition) is 1. The van der Waals surface area contributed by atoms with E-state index in [0.29, 0.717) is 11.5 Å². The molecule has 1 heterocycles. The predicted molar refractivity (Wildman–Crippen MR) is 83.2 cm³/mol. The van der Waals surface area contributed by atoms with Crippen LogP contribution < -0.4 is 5.32 Å². The van der Waals surface area contributed by atoms with Gasteiger partial charge in [0, 0.05) is 6.54 Å². The van der Waals surface area contributed by atoms with Crippen molar-refractivity contribution in [3.8, 4) is 0 Å². The fourth-order valence-corrected chi connectivity index (χ4v) is 4.17. The van der Waals surface area contributed by atoms with Gasteiger partial charge in [-0.25, -0.2) is 0 Å². The van der Waals surface area contributed by atoms with Crippen LogP contribution in [-0.4, -0.2) is 16.3 Å². The van der Waals surface area contributed by atoms with Crippen LogP contribution in [0.1, 0.15) is 64.6 Å². The minimum Gasteiger partial charge on any atom is -0.308 e. The molecule has 1 aliphatic carbocycles. The van der Waals surface area contributed by atoms with Crippen LogP contribution in [0.3, 0.4) is 0 Å². The maximum atomic E-state index is 4.50. The summed E-state index contributed by atoms with van der Waals surface area (Å²) in [5, 5.41) is 8.25. The Morgan fingerprint density at radius 2 is 2.05 bits per heavy atom. The molecule has 1 fully saturated rings. The van der Waals surface area contributed by atoms with Gasteiger partial charge < -0.3 is 5.32 Å². The summed E-state index contributed by atoms with van der Waals surface area (Å²) in [7, 11) is 0. The number of aromatic nitrogens is 2. The molecule has 1 saturated carbocycles. The van der Waals surface area contributed by atoms with Crippen molar-refractivity contribution in [2.45, 2.75) is 65.5 Å². The Kier molecular flexibility index (Phi) is 5.07. The molecule has 1 unspecified atom stereocenters. The van der Waals surface area contributed by atoms with Gasteiger partial charge in [0.05, 0.1) is 22.4 Å². The zero-order valence-corrected chi connectivity index (χ0v) is 14.0. The monoisotopic (exact) mass is 327 g/mol. The molecule has 0 amide bonds. The van der Waals surface area contributed by atoms with Crippen molar-refractivity contribution >= 4 is 15.9 Å². The van der Waals surface area contributed by atoms with Crippen molar-refractivity contribution in [1.82, 2.24) is 15.1 Å². The van der Waals surface area contributed by atoms with Gasteiger partial charge in [0.25, 0.3) is 0 Å². The maximum Gasteiger partial charge on any atom is 0.0701 e. The summed E-state index contributed by atoms with van der Waals surface area (Å²) in [4.78, 5) is 0. The topological polar surface area (TPSA) is 29.9 Å². The van der Waals surface area contributed by atoms with Gasteiger partial charge in [0.1, 0.15) is 0 Å². The molecular formula is C15H26BrN3. The molecule has 4 heteroatoms. The molecule has 1 aromatic heterocycles. The molecule has 0 spiro atoms. The smallest absolute Gasteiger partial charge is 0.0701 e. The minimum absolute atomic E-state index is 0.408. The Labute approximate surface area is 125 Å². The fourth-order valence-electron chi connectivity index (χ4n) is 3.64. The van der Waals surface area contributed by atoms with Gasteiger partial charge in [0.2, 0.25) is 0 Å². The highest BCUT2D eigenvalue weighted by Gasteiger charge is 2.42. The van der Waals surface area contributed by atoms with Gasteiger partial charge >= 0.3 is 0 Å². The molecule has 3 nitrogen and oxygen atoms in total. The highest BCUT2D eigenvalue weighted by atomic mass is 79.9. The minimum atomic E-state index is 0.408. The lowest BCUT2D eigenvalue weighted by molar-refractivity contribution is 0.180. The van der Waals surface area contributed by atoms with Crippen LogP contribution in [0.15, 0.2) is 10.7 Å². The number of halogens is 1. The van der Waals surface area contributed by atoms with E-state index < -0.39 is 0 Å². The van der Waals surface area contributed by atoms with Gasteiger partial charge in [-0.3, -0.25) is 4.68 Å². The predicted octanol–water partition coefficient (Wildman–Crippen LogP) is 4.29. The summed E-state index contributed by atoms with van der Waals surface area (Å²) < 4.78 is 3.30. The lowest BCUT2D eigenvalue weighted by Gasteiger charge is -2.38. The average molecular weight is 328 g/mol. The Morgan fingerprint density at radius 1 is 1.37 bits per heavy atom. The molecule has 0 aliphatic heterocycles. The largest absolute Gasteiger partial charge is 0.308 e. The summed E-state index contributed by atoms with van der Waals surface area (Å²) in [6.45, 7) is 8.65. The van der Waals surface area contributed by atoms with Crippen molar-refractivity contribution in [3.05, 3.63) is 16.4 Å². The van der Waals surface area contributed by atoms with Gasteiger partial charge in [-0.1, -0.05) is 26.7 Å². The lowest BCUT2D eigenvalue weighted by Crippen LogP contribution is -2.38. The van der Waals surface area contributed by atoms with E-state index in [1.165, 1.54) is 37.8 Å². The summed E-state index contributed by atoms with van der Waals surface area (Å²) >= 11 is 3.71. The number of nitrogens with one attached hydrogen (secondary N) is 1. The van der Waals surface area contributed by atoms with Crippen LogP contribution in [-0.2, 0) is 6.54 Å².